The number of piperidine rings is 1. The summed E-state index contributed by atoms with van der Waals surface area (Å²) in [4.78, 5) is 7.14. The molecular weight excluding hydrogens is 234 g/mol. The van der Waals surface area contributed by atoms with Crippen LogP contribution in [0.4, 0.5) is 5.69 Å². The minimum Gasteiger partial charge on any atom is -0.397 e. The van der Waals surface area contributed by atoms with Crippen LogP contribution in [-0.2, 0) is 6.42 Å². The number of rotatable bonds is 3. The SMILES string of the molecule is Nc1ccc(CCN2CCC[C@H]3CCCC[C@H]32)nc1. The van der Waals surface area contributed by atoms with E-state index in [1.54, 1.807) is 6.20 Å². The van der Waals surface area contributed by atoms with Crippen molar-refractivity contribution < 1.29 is 0 Å². The van der Waals surface area contributed by atoms with E-state index in [0.717, 1.165) is 30.6 Å². The maximum Gasteiger partial charge on any atom is 0.0501 e. The monoisotopic (exact) mass is 259 g/mol. The van der Waals surface area contributed by atoms with E-state index in [9.17, 15) is 0 Å². The first kappa shape index (κ1) is 12.9. The van der Waals surface area contributed by atoms with Crippen LogP contribution in [0.5, 0.6) is 0 Å². The Morgan fingerprint density at radius 3 is 2.84 bits per heavy atom. The molecule has 2 aliphatic rings. The van der Waals surface area contributed by atoms with Crippen LogP contribution in [0, 0.1) is 5.92 Å². The molecule has 1 aliphatic carbocycles. The van der Waals surface area contributed by atoms with Crippen molar-refractivity contribution in [3.05, 3.63) is 24.0 Å². The van der Waals surface area contributed by atoms with Gasteiger partial charge < -0.3 is 5.73 Å². The molecule has 0 spiro atoms. The highest BCUT2D eigenvalue weighted by Crippen LogP contribution is 2.35. The topological polar surface area (TPSA) is 42.1 Å². The first-order valence-corrected chi connectivity index (χ1v) is 7.77. The molecule has 3 heteroatoms. The van der Waals surface area contributed by atoms with Gasteiger partial charge in [0.25, 0.3) is 0 Å². The van der Waals surface area contributed by atoms with Crippen molar-refractivity contribution in [2.45, 2.75) is 51.0 Å². The van der Waals surface area contributed by atoms with Crippen molar-refractivity contribution in [1.82, 2.24) is 9.88 Å². The molecule has 2 N–H and O–H groups in total. The zero-order valence-corrected chi connectivity index (χ0v) is 11.7. The van der Waals surface area contributed by atoms with Crippen LogP contribution in [-0.4, -0.2) is 29.0 Å². The van der Waals surface area contributed by atoms with Crippen LogP contribution in [0.25, 0.3) is 0 Å². The minimum absolute atomic E-state index is 0.758. The number of hydrogen-bond donors (Lipinski definition) is 1. The van der Waals surface area contributed by atoms with E-state index in [1.165, 1.54) is 50.8 Å². The molecule has 3 rings (SSSR count). The van der Waals surface area contributed by atoms with Crippen LogP contribution in [0.1, 0.15) is 44.2 Å². The van der Waals surface area contributed by atoms with Gasteiger partial charge in [-0.2, -0.15) is 0 Å². The Kier molecular flexibility index (Phi) is 4.02. The quantitative estimate of drug-likeness (QED) is 0.907. The van der Waals surface area contributed by atoms with Gasteiger partial charge in [0.1, 0.15) is 0 Å². The lowest BCUT2D eigenvalue weighted by Crippen LogP contribution is -2.47. The first-order valence-electron chi connectivity index (χ1n) is 7.77. The molecule has 104 valence electrons. The van der Waals surface area contributed by atoms with Crippen molar-refractivity contribution >= 4 is 5.69 Å². The van der Waals surface area contributed by atoms with Crippen LogP contribution in [0.2, 0.25) is 0 Å². The molecule has 19 heavy (non-hydrogen) atoms. The second-order valence-corrected chi connectivity index (χ2v) is 6.12. The lowest BCUT2D eigenvalue weighted by atomic mass is 9.78. The molecule has 0 bridgehead atoms. The first-order chi connectivity index (χ1) is 9.33. The van der Waals surface area contributed by atoms with E-state index >= 15 is 0 Å². The lowest BCUT2D eigenvalue weighted by Gasteiger charge is -2.44. The second-order valence-electron chi connectivity index (χ2n) is 6.12. The number of fused-ring (bicyclic) bond motifs is 1. The Labute approximate surface area is 116 Å². The van der Waals surface area contributed by atoms with Crippen molar-refractivity contribution in [3.8, 4) is 0 Å². The second kappa shape index (κ2) is 5.91. The van der Waals surface area contributed by atoms with E-state index in [2.05, 4.69) is 16.0 Å². The maximum atomic E-state index is 5.68. The van der Waals surface area contributed by atoms with Crippen molar-refractivity contribution in [2.24, 2.45) is 5.92 Å². The largest absolute Gasteiger partial charge is 0.397 e. The predicted molar refractivity (Wildman–Crippen MR) is 78.9 cm³/mol. The number of hydrogen-bond acceptors (Lipinski definition) is 3. The standard InChI is InChI=1S/C16H25N3/c17-14-7-8-15(18-12-14)9-11-19-10-3-5-13-4-1-2-6-16(13)19/h7-8,12-13,16H,1-6,9-11,17H2/t13-,16-/m1/s1. The summed E-state index contributed by atoms with van der Waals surface area (Å²) in [6.45, 7) is 2.45. The van der Waals surface area contributed by atoms with E-state index in [-0.39, 0.29) is 0 Å². The number of likely N-dealkylation sites (tertiary alicyclic amines) is 1. The van der Waals surface area contributed by atoms with Gasteiger partial charge in [-0.1, -0.05) is 12.8 Å². The summed E-state index contributed by atoms with van der Waals surface area (Å²) in [5, 5.41) is 0. The highest BCUT2D eigenvalue weighted by atomic mass is 15.2. The third-order valence-corrected chi connectivity index (χ3v) is 4.86. The summed E-state index contributed by atoms with van der Waals surface area (Å²) in [5.41, 5.74) is 7.61. The number of nitrogens with two attached hydrogens (primary N) is 1. The van der Waals surface area contributed by atoms with Crippen LogP contribution in [0.15, 0.2) is 18.3 Å². The Morgan fingerprint density at radius 2 is 2.00 bits per heavy atom. The molecule has 0 aromatic carbocycles. The van der Waals surface area contributed by atoms with Crippen LogP contribution < -0.4 is 5.73 Å². The molecule has 0 unspecified atom stereocenters. The summed E-state index contributed by atoms with van der Waals surface area (Å²) < 4.78 is 0. The van der Waals surface area contributed by atoms with Crippen molar-refractivity contribution in [3.63, 3.8) is 0 Å². The number of pyridine rings is 1. The molecule has 0 radical (unpaired) electrons. The van der Waals surface area contributed by atoms with Gasteiger partial charge in [-0.05, 0) is 50.3 Å². The molecule has 3 nitrogen and oxygen atoms in total. The van der Waals surface area contributed by atoms with Crippen LogP contribution >= 0.6 is 0 Å². The Morgan fingerprint density at radius 1 is 1.16 bits per heavy atom. The average molecular weight is 259 g/mol. The van der Waals surface area contributed by atoms with E-state index in [0.29, 0.717) is 0 Å². The molecule has 2 heterocycles. The predicted octanol–water partition coefficient (Wildman–Crippen LogP) is 2.86. The summed E-state index contributed by atoms with van der Waals surface area (Å²) >= 11 is 0. The van der Waals surface area contributed by atoms with E-state index < -0.39 is 0 Å². The third kappa shape index (κ3) is 3.08. The number of nitrogen functional groups attached to an aromatic ring is 1. The fourth-order valence-corrected chi connectivity index (χ4v) is 3.85. The maximum absolute atomic E-state index is 5.68. The molecule has 2 fully saturated rings. The number of anilines is 1. The van der Waals surface area contributed by atoms with Gasteiger partial charge in [0.2, 0.25) is 0 Å². The van der Waals surface area contributed by atoms with Gasteiger partial charge in [-0.15, -0.1) is 0 Å². The lowest BCUT2D eigenvalue weighted by molar-refractivity contribution is 0.0618. The van der Waals surface area contributed by atoms with Gasteiger partial charge in [-0.25, -0.2) is 0 Å². The summed E-state index contributed by atoms with van der Waals surface area (Å²) in [7, 11) is 0. The Balaban J connectivity index is 1.57. The van der Waals surface area contributed by atoms with Crippen molar-refractivity contribution in [1.29, 1.82) is 0 Å². The minimum atomic E-state index is 0.758. The van der Waals surface area contributed by atoms with Gasteiger partial charge in [0, 0.05) is 24.7 Å². The third-order valence-electron chi connectivity index (χ3n) is 4.86. The van der Waals surface area contributed by atoms with E-state index in [4.69, 9.17) is 5.73 Å². The highest BCUT2D eigenvalue weighted by molar-refractivity contribution is 5.34. The van der Waals surface area contributed by atoms with Gasteiger partial charge in [0.15, 0.2) is 0 Å². The van der Waals surface area contributed by atoms with Gasteiger partial charge >= 0.3 is 0 Å². The molecule has 1 aromatic rings. The summed E-state index contributed by atoms with van der Waals surface area (Å²) in [5.74, 6) is 0.974. The average Bonchev–Trinajstić information content (AvgIpc) is 2.47. The molecule has 1 saturated heterocycles. The Bertz CT molecular complexity index is 399. The molecular formula is C16H25N3. The fourth-order valence-electron chi connectivity index (χ4n) is 3.85. The molecule has 1 saturated carbocycles. The van der Waals surface area contributed by atoms with Gasteiger partial charge in [0.05, 0.1) is 11.9 Å². The highest BCUT2D eigenvalue weighted by Gasteiger charge is 2.32. The molecule has 1 aromatic heterocycles. The van der Waals surface area contributed by atoms with Crippen molar-refractivity contribution in [2.75, 3.05) is 18.8 Å². The number of nitrogens with zero attached hydrogens (tertiary/aromatic N) is 2. The Hall–Kier alpha value is -1.09. The zero-order chi connectivity index (χ0) is 13.1. The fraction of sp³-hybridized carbons (Fsp3) is 0.688. The smallest absolute Gasteiger partial charge is 0.0501 e. The molecule has 1 aliphatic heterocycles. The summed E-state index contributed by atoms with van der Waals surface area (Å²) in [6.07, 6.45) is 11.4. The molecule has 2 atom stereocenters. The van der Waals surface area contributed by atoms with E-state index in [1.807, 2.05) is 6.07 Å². The zero-order valence-electron chi connectivity index (χ0n) is 11.7. The normalized spacial score (nSPS) is 28.0. The van der Waals surface area contributed by atoms with Crippen LogP contribution in [0.3, 0.4) is 0 Å². The summed E-state index contributed by atoms with van der Waals surface area (Å²) in [6, 6.07) is 4.89. The van der Waals surface area contributed by atoms with Gasteiger partial charge in [-0.3, -0.25) is 9.88 Å². The number of aromatic nitrogens is 1. The molecule has 0 amide bonds.